The van der Waals surface area contributed by atoms with E-state index < -0.39 is 0 Å². The zero-order valence-electron chi connectivity index (χ0n) is 19.7. The van der Waals surface area contributed by atoms with E-state index in [2.05, 4.69) is 29.6 Å². The molecule has 32 heavy (non-hydrogen) atoms. The summed E-state index contributed by atoms with van der Waals surface area (Å²) in [5.41, 5.74) is 0.436. The highest BCUT2D eigenvalue weighted by Crippen LogP contribution is 2.59. The molecule has 2 heterocycles. The molecule has 1 aliphatic heterocycles. The van der Waals surface area contributed by atoms with Gasteiger partial charge >= 0.3 is 0 Å². The van der Waals surface area contributed by atoms with Gasteiger partial charge in [0.15, 0.2) is 0 Å². The van der Waals surface area contributed by atoms with E-state index in [4.69, 9.17) is 9.26 Å². The number of carbonyl (C=O) groups is 1. The molecule has 5 aliphatic rings. The topological polar surface area (TPSA) is 76.4 Å². The van der Waals surface area contributed by atoms with E-state index >= 15 is 0 Å². The van der Waals surface area contributed by atoms with Crippen molar-refractivity contribution < 1.29 is 14.1 Å². The van der Waals surface area contributed by atoms with Gasteiger partial charge in [0.1, 0.15) is 4.90 Å². The van der Waals surface area contributed by atoms with Crippen LogP contribution in [0.4, 0.5) is 0 Å². The predicted octanol–water partition coefficient (Wildman–Crippen LogP) is 5.03. The van der Waals surface area contributed by atoms with Crippen molar-refractivity contribution in [3.63, 3.8) is 0 Å². The van der Waals surface area contributed by atoms with Crippen LogP contribution in [0.2, 0.25) is 0 Å². The van der Waals surface area contributed by atoms with Crippen molar-refractivity contribution in [3.05, 3.63) is 5.76 Å². The lowest BCUT2D eigenvalue weighted by atomic mass is 9.48. The Bertz CT molecular complexity index is 784. The van der Waals surface area contributed by atoms with Crippen LogP contribution in [0.1, 0.15) is 88.6 Å². The van der Waals surface area contributed by atoms with Gasteiger partial charge in [-0.15, -0.1) is 11.8 Å². The Labute approximate surface area is 196 Å². The molecule has 1 aromatic heterocycles. The maximum atomic E-state index is 13.3. The van der Waals surface area contributed by atoms with Gasteiger partial charge in [0, 0.05) is 11.3 Å². The van der Waals surface area contributed by atoms with Gasteiger partial charge < -0.3 is 19.9 Å². The van der Waals surface area contributed by atoms with Gasteiger partial charge in [0.2, 0.25) is 5.76 Å². The van der Waals surface area contributed by atoms with Gasteiger partial charge in [0.25, 0.3) is 11.8 Å². The normalized spacial score (nSPS) is 30.5. The monoisotopic (exact) mass is 461 g/mol. The maximum Gasteiger partial charge on any atom is 0.291 e. The standard InChI is InChI=1S/C25H39N3O3S/c1-25(2)17-12-18(25)14-19(13-17)27-23(29)21-22(32-20-6-4-3-5-7-20)24(28-31-21)30-15-16-8-10-26-11-9-16/h16-20,26H,3-15H2,1-2H3,(H,27,29)/t17-,18+,19?. The first kappa shape index (κ1) is 22.6. The number of nitrogens with zero attached hydrogens (tertiary/aromatic N) is 1. The van der Waals surface area contributed by atoms with Crippen LogP contribution in [-0.4, -0.2) is 42.1 Å². The van der Waals surface area contributed by atoms with Crippen molar-refractivity contribution >= 4 is 17.7 Å². The minimum absolute atomic E-state index is 0.114. The lowest BCUT2D eigenvalue weighted by Gasteiger charge is -2.58. The summed E-state index contributed by atoms with van der Waals surface area (Å²) in [5.74, 6) is 2.76. The molecule has 0 radical (unpaired) electrons. The van der Waals surface area contributed by atoms with Crippen LogP contribution >= 0.6 is 11.8 Å². The summed E-state index contributed by atoms with van der Waals surface area (Å²) < 4.78 is 11.8. The molecule has 1 aromatic rings. The van der Waals surface area contributed by atoms with Crippen molar-refractivity contribution in [1.82, 2.24) is 15.8 Å². The Balaban J connectivity index is 1.26. The zero-order valence-corrected chi connectivity index (χ0v) is 20.5. The molecule has 178 valence electrons. The molecule has 3 atom stereocenters. The third-order valence-electron chi connectivity index (χ3n) is 8.72. The third-order valence-corrected chi connectivity index (χ3v) is 10.1. The minimum Gasteiger partial charge on any atom is -0.474 e. The van der Waals surface area contributed by atoms with Gasteiger partial charge in [-0.25, -0.2) is 0 Å². The molecule has 7 heteroatoms. The van der Waals surface area contributed by atoms with E-state index in [9.17, 15) is 4.79 Å². The molecule has 0 spiro atoms. The van der Waals surface area contributed by atoms with E-state index in [0.717, 1.165) is 55.5 Å². The molecule has 4 aliphatic carbocycles. The van der Waals surface area contributed by atoms with Crippen molar-refractivity contribution in [3.8, 4) is 5.88 Å². The fourth-order valence-corrected chi connectivity index (χ4v) is 7.61. The molecule has 2 bridgehead atoms. The number of ether oxygens (including phenoxy) is 1. The smallest absolute Gasteiger partial charge is 0.291 e. The molecular formula is C25H39N3O3S. The SMILES string of the molecule is CC1(C)[C@@H]2CC(NC(=O)c3onc(OCC4CCNCC4)c3SC3CCCCC3)C[C@H]1C2. The van der Waals surface area contributed by atoms with Crippen LogP contribution in [0.3, 0.4) is 0 Å². The average molecular weight is 462 g/mol. The first-order valence-electron chi connectivity index (χ1n) is 12.8. The fraction of sp³-hybridized carbons (Fsp3) is 0.840. The number of aromatic nitrogens is 1. The molecular weight excluding hydrogens is 422 g/mol. The van der Waals surface area contributed by atoms with Crippen LogP contribution in [0, 0.1) is 23.2 Å². The highest BCUT2D eigenvalue weighted by atomic mass is 32.2. The number of piperidine rings is 1. The van der Waals surface area contributed by atoms with Gasteiger partial charge in [-0.2, -0.15) is 0 Å². The molecule has 1 amide bonds. The summed E-state index contributed by atoms with van der Waals surface area (Å²) in [6, 6.07) is 0.246. The van der Waals surface area contributed by atoms with Crippen LogP contribution in [0.25, 0.3) is 0 Å². The summed E-state index contributed by atoms with van der Waals surface area (Å²) in [7, 11) is 0. The van der Waals surface area contributed by atoms with E-state index in [-0.39, 0.29) is 11.9 Å². The zero-order chi connectivity index (χ0) is 22.1. The summed E-state index contributed by atoms with van der Waals surface area (Å²) in [5, 5.41) is 11.4. The van der Waals surface area contributed by atoms with Crippen LogP contribution in [-0.2, 0) is 0 Å². The molecule has 2 N–H and O–H groups in total. The summed E-state index contributed by atoms with van der Waals surface area (Å²) in [4.78, 5) is 14.1. The second-order valence-electron chi connectivity index (χ2n) is 11.1. The molecule has 4 saturated carbocycles. The van der Waals surface area contributed by atoms with Crippen molar-refractivity contribution in [2.75, 3.05) is 19.7 Å². The fourth-order valence-electron chi connectivity index (χ4n) is 6.28. The van der Waals surface area contributed by atoms with Crippen molar-refractivity contribution in [2.45, 2.75) is 94.2 Å². The third kappa shape index (κ3) is 4.70. The van der Waals surface area contributed by atoms with Gasteiger partial charge in [-0.05, 0) is 86.4 Å². The van der Waals surface area contributed by atoms with Gasteiger partial charge in [0.05, 0.1) is 6.61 Å². The summed E-state index contributed by atoms with van der Waals surface area (Å²) >= 11 is 1.76. The largest absolute Gasteiger partial charge is 0.474 e. The molecule has 1 unspecified atom stereocenters. The quantitative estimate of drug-likeness (QED) is 0.593. The Kier molecular flexibility index (Phi) is 6.75. The number of carbonyl (C=O) groups excluding carboxylic acids is 1. The molecule has 6 nitrogen and oxygen atoms in total. The second kappa shape index (κ2) is 9.57. The number of amides is 1. The number of rotatable bonds is 7. The van der Waals surface area contributed by atoms with E-state index in [1.165, 1.54) is 38.5 Å². The molecule has 6 rings (SSSR count). The first-order valence-corrected chi connectivity index (χ1v) is 13.7. The van der Waals surface area contributed by atoms with Crippen LogP contribution in [0.5, 0.6) is 5.88 Å². The highest BCUT2D eigenvalue weighted by Gasteiger charge is 2.53. The lowest BCUT2D eigenvalue weighted by molar-refractivity contribution is -0.0771. The van der Waals surface area contributed by atoms with E-state index in [1.54, 1.807) is 11.8 Å². The Morgan fingerprint density at radius 2 is 1.84 bits per heavy atom. The van der Waals surface area contributed by atoms with Gasteiger partial charge in [-0.3, -0.25) is 4.79 Å². The number of nitrogens with one attached hydrogen (secondary N) is 2. The van der Waals surface area contributed by atoms with Crippen LogP contribution < -0.4 is 15.4 Å². The molecule has 1 saturated heterocycles. The van der Waals surface area contributed by atoms with E-state index in [1.807, 2.05) is 0 Å². The minimum atomic E-state index is -0.114. The highest BCUT2D eigenvalue weighted by molar-refractivity contribution is 8.00. The Morgan fingerprint density at radius 3 is 2.53 bits per heavy atom. The summed E-state index contributed by atoms with van der Waals surface area (Å²) in [6.45, 7) is 7.50. The average Bonchev–Trinajstić information content (AvgIpc) is 3.21. The lowest BCUT2D eigenvalue weighted by Crippen LogP contribution is -2.55. The number of hydrogen-bond donors (Lipinski definition) is 2. The second-order valence-corrected chi connectivity index (χ2v) is 12.4. The van der Waals surface area contributed by atoms with E-state index in [0.29, 0.717) is 34.8 Å². The Morgan fingerprint density at radius 1 is 1.12 bits per heavy atom. The number of thioether (sulfide) groups is 1. The Hall–Kier alpha value is -1.21. The first-order chi connectivity index (χ1) is 15.5. The van der Waals surface area contributed by atoms with Crippen molar-refractivity contribution in [2.24, 2.45) is 23.2 Å². The molecule has 5 fully saturated rings. The summed E-state index contributed by atoms with van der Waals surface area (Å²) in [6.07, 6.45) is 11.9. The number of fused-ring (bicyclic) bond motifs is 2. The van der Waals surface area contributed by atoms with Crippen LogP contribution in [0.15, 0.2) is 9.42 Å². The molecule has 0 aromatic carbocycles. The number of hydrogen-bond acceptors (Lipinski definition) is 6. The maximum absolute atomic E-state index is 13.3. The van der Waals surface area contributed by atoms with Gasteiger partial charge in [-0.1, -0.05) is 33.1 Å². The predicted molar refractivity (Wildman–Crippen MR) is 126 cm³/mol. The van der Waals surface area contributed by atoms with Crippen molar-refractivity contribution in [1.29, 1.82) is 0 Å².